The second-order valence-electron chi connectivity index (χ2n) is 7.53. The minimum atomic E-state index is -3.35. The quantitative estimate of drug-likeness (QED) is 0.474. The Morgan fingerprint density at radius 3 is 2.59 bits per heavy atom. The molecular weight excluding hydrogens is 475 g/mol. The van der Waals surface area contributed by atoms with Gasteiger partial charge in [0.2, 0.25) is 0 Å². The van der Waals surface area contributed by atoms with E-state index in [4.69, 9.17) is 27.6 Å². The molecule has 7 nitrogen and oxygen atoms in total. The van der Waals surface area contributed by atoms with E-state index < -0.39 is 27.7 Å². The summed E-state index contributed by atoms with van der Waals surface area (Å²) in [6, 6.07) is 9.24. The van der Waals surface area contributed by atoms with Crippen LogP contribution in [0.5, 0.6) is 0 Å². The number of sulfone groups is 1. The molecule has 0 bridgehead atoms. The molecule has 164 valence electrons. The Morgan fingerprint density at radius 1 is 1.19 bits per heavy atom. The number of halogens is 2. The summed E-state index contributed by atoms with van der Waals surface area (Å²) in [6.45, 7) is 1.50. The molecule has 1 aromatic carbocycles. The maximum Gasteiger partial charge on any atom is 0.271 e. The number of rotatable bonds is 3. The molecule has 0 aliphatic carbocycles. The summed E-state index contributed by atoms with van der Waals surface area (Å²) in [5.41, 5.74) is 0.656. The molecule has 10 heteroatoms. The normalized spacial score (nSPS) is 22.0. The first-order chi connectivity index (χ1) is 15.1. The van der Waals surface area contributed by atoms with Crippen LogP contribution in [0.4, 0.5) is 0 Å². The monoisotopic (exact) mass is 490 g/mol. The van der Waals surface area contributed by atoms with Crippen LogP contribution in [-0.2, 0) is 19.4 Å². The van der Waals surface area contributed by atoms with Crippen LogP contribution in [0.2, 0.25) is 10.0 Å². The third-order valence-corrected chi connectivity index (χ3v) is 7.77. The maximum absolute atomic E-state index is 13.2. The number of hydrogen-bond donors (Lipinski definition) is 0. The highest BCUT2D eigenvalue weighted by Gasteiger charge is 2.43. The van der Waals surface area contributed by atoms with Crippen LogP contribution >= 0.6 is 23.2 Å². The molecule has 1 atom stereocenters. The largest absolute Gasteiger partial charge is 0.457 e. The van der Waals surface area contributed by atoms with E-state index in [1.54, 1.807) is 30.3 Å². The number of nitriles is 1. The van der Waals surface area contributed by atoms with Crippen LogP contribution in [0.3, 0.4) is 0 Å². The van der Waals surface area contributed by atoms with E-state index in [1.165, 1.54) is 13.0 Å². The fourth-order valence-corrected chi connectivity index (χ4v) is 5.90. The number of benzene rings is 1. The predicted octanol–water partition coefficient (Wildman–Crippen LogP) is 4.03. The number of imide groups is 1. The van der Waals surface area contributed by atoms with Gasteiger partial charge in [0.15, 0.2) is 9.84 Å². The first-order valence-electron chi connectivity index (χ1n) is 9.58. The maximum atomic E-state index is 13.2. The van der Waals surface area contributed by atoms with Crippen molar-refractivity contribution < 1.29 is 22.4 Å². The van der Waals surface area contributed by atoms with E-state index in [9.17, 15) is 23.3 Å². The standard InChI is InChI=1S/C22H16Cl2N2O5S/c1-12-16(9-15-3-5-20(31-15)17-8-13(23)2-4-19(17)24)21(27)26(22(28)18(12)10-25)14-6-7-32(29,30)11-14/h2-5,8-9,14H,6-7,11H2,1H3/b16-9+/t14-/m1/s1. The van der Waals surface area contributed by atoms with E-state index >= 15 is 0 Å². The second-order valence-corrected chi connectivity index (χ2v) is 10.6. The average molecular weight is 491 g/mol. The fraction of sp³-hybridized carbons (Fsp3) is 0.227. The second kappa shape index (κ2) is 8.24. The molecule has 4 rings (SSSR count). The van der Waals surface area contributed by atoms with Crippen molar-refractivity contribution in [2.45, 2.75) is 19.4 Å². The lowest BCUT2D eigenvalue weighted by atomic mass is 9.93. The Morgan fingerprint density at radius 2 is 1.94 bits per heavy atom. The third kappa shape index (κ3) is 3.99. The fourth-order valence-electron chi connectivity index (χ4n) is 3.81. The number of amides is 2. The molecule has 0 spiro atoms. The van der Waals surface area contributed by atoms with Gasteiger partial charge >= 0.3 is 0 Å². The lowest BCUT2D eigenvalue weighted by Crippen LogP contribution is -2.49. The number of furan rings is 1. The van der Waals surface area contributed by atoms with E-state index in [-0.39, 0.29) is 34.6 Å². The minimum absolute atomic E-state index is 0.0866. The summed E-state index contributed by atoms with van der Waals surface area (Å²) in [5, 5.41) is 10.4. The van der Waals surface area contributed by atoms with Crippen molar-refractivity contribution in [3.8, 4) is 17.4 Å². The zero-order chi connectivity index (χ0) is 23.2. The van der Waals surface area contributed by atoms with Gasteiger partial charge in [-0.1, -0.05) is 23.2 Å². The summed E-state index contributed by atoms with van der Waals surface area (Å²) >= 11 is 12.3. The van der Waals surface area contributed by atoms with Gasteiger partial charge in [0, 0.05) is 16.2 Å². The summed E-state index contributed by atoms with van der Waals surface area (Å²) in [4.78, 5) is 26.9. The van der Waals surface area contributed by atoms with Gasteiger partial charge in [-0.15, -0.1) is 0 Å². The molecular formula is C22H16Cl2N2O5S. The lowest BCUT2D eigenvalue weighted by Gasteiger charge is -2.31. The van der Waals surface area contributed by atoms with Gasteiger partial charge in [-0.05, 0) is 55.3 Å². The Labute approximate surface area is 194 Å². The molecule has 1 aromatic heterocycles. The third-order valence-electron chi connectivity index (χ3n) is 5.45. The lowest BCUT2D eigenvalue weighted by molar-refractivity contribution is -0.142. The topological polar surface area (TPSA) is 108 Å². The minimum Gasteiger partial charge on any atom is -0.457 e. The van der Waals surface area contributed by atoms with Crippen molar-refractivity contribution in [3.05, 3.63) is 62.9 Å². The first-order valence-corrected chi connectivity index (χ1v) is 12.2. The zero-order valence-corrected chi connectivity index (χ0v) is 19.1. The van der Waals surface area contributed by atoms with Crippen LogP contribution in [0.15, 0.2) is 51.5 Å². The molecule has 2 aliphatic rings. The van der Waals surface area contributed by atoms with E-state index in [2.05, 4.69) is 0 Å². The van der Waals surface area contributed by atoms with Crippen LogP contribution in [-0.4, -0.2) is 42.7 Å². The van der Waals surface area contributed by atoms with Crippen molar-refractivity contribution in [1.29, 1.82) is 5.26 Å². The van der Waals surface area contributed by atoms with Gasteiger partial charge in [0.1, 0.15) is 23.2 Å². The highest BCUT2D eigenvalue weighted by atomic mass is 35.5. The Kier molecular flexibility index (Phi) is 5.76. The van der Waals surface area contributed by atoms with Crippen molar-refractivity contribution >= 4 is 50.9 Å². The van der Waals surface area contributed by atoms with Crippen molar-refractivity contribution in [1.82, 2.24) is 4.90 Å². The molecule has 1 fully saturated rings. The van der Waals surface area contributed by atoms with Crippen molar-refractivity contribution in [2.24, 2.45) is 0 Å². The van der Waals surface area contributed by atoms with Gasteiger partial charge in [-0.3, -0.25) is 14.5 Å². The van der Waals surface area contributed by atoms with Crippen LogP contribution < -0.4 is 0 Å². The molecule has 2 aromatic rings. The number of carbonyl (C=O) groups excluding carboxylic acids is 2. The summed E-state index contributed by atoms with van der Waals surface area (Å²) < 4.78 is 29.6. The number of hydrogen-bond acceptors (Lipinski definition) is 6. The van der Waals surface area contributed by atoms with E-state index in [1.807, 2.05) is 6.07 Å². The summed E-state index contributed by atoms with van der Waals surface area (Å²) in [5.74, 6) is -1.14. The van der Waals surface area contributed by atoms with Crippen molar-refractivity contribution in [3.63, 3.8) is 0 Å². The summed E-state index contributed by atoms with van der Waals surface area (Å²) in [7, 11) is -3.35. The van der Waals surface area contributed by atoms with Crippen LogP contribution in [0.1, 0.15) is 19.1 Å². The summed E-state index contributed by atoms with van der Waals surface area (Å²) in [6.07, 6.45) is 1.57. The van der Waals surface area contributed by atoms with Gasteiger partial charge in [0.05, 0.1) is 22.6 Å². The molecule has 32 heavy (non-hydrogen) atoms. The molecule has 3 heterocycles. The molecule has 0 N–H and O–H groups in total. The van der Waals surface area contributed by atoms with Gasteiger partial charge in [-0.25, -0.2) is 8.42 Å². The van der Waals surface area contributed by atoms with Gasteiger partial charge in [0.25, 0.3) is 11.8 Å². The number of carbonyl (C=O) groups is 2. The molecule has 0 radical (unpaired) electrons. The molecule has 1 saturated heterocycles. The molecule has 0 unspecified atom stereocenters. The first kappa shape index (κ1) is 22.3. The van der Waals surface area contributed by atoms with Crippen molar-refractivity contribution in [2.75, 3.05) is 11.5 Å². The van der Waals surface area contributed by atoms with E-state index in [0.717, 1.165) is 4.90 Å². The predicted molar refractivity (Wildman–Crippen MR) is 119 cm³/mol. The van der Waals surface area contributed by atoms with E-state index in [0.29, 0.717) is 27.1 Å². The average Bonchev–Trinajstić information content (AvgIpc) is 3.33. The Bertz CT molecular complexity index is 1360. The Hall–Kier alpha value is -2.86. The highest BCUT2D eigenvalue weighted by molar-refractivity contribution is 7.91. The smallest absolute Gasteiger partial charge is 0.271 e. The van der Waals surface area contributed by atoms with Crippen LogP contribution in [0, 0.1) is 11.3 Å². The Balaban J connectivity index is 1.75. The zero-order valence-electron chi connectivity index (χ0n) is 16.8. The van der Waals surface area contributed by atoms with Gasteiger partial charge < -0.3 is 4.42 Å². The SMILES string of the molecule is CC1=C(C#N)C(=O)N([C@@H]2CCS(=O)(=O)C2)C(=O)/C1=C/c1ccc(-c2cc(Cl)ccc2Cl)o1. The molecule has 2 amide bonds. The van der Waals surface area contributed by atoms with Crippen LogP contribution in [0.25, 0.3) is 17.4 Å². The highest BCUT2D eigenvalue weighted by Crippen LogP contribution is 2.34. The molecule has 2 aliphatic heterocycles. The number of nitrogens with zero attached hydrogens (tertiary/aromatic N) is 2. The van der Waals surface area contributed by atoms with Gasteiger partial charge in [-0.2, -0.15) is 5.26 Å². The molecule has 0 saturated carbocycles.